The van der Waals surface area contributed by atoms with E-state index in [9.17, 15) is 18.8 Å². The molecule has 0 spiro atoms. The van der Waals surface area contributed by atoms with Gasteiger partial charge in [0.2, 0.25) is 0 Å². The Bertz CT molecular complexity index is 1370. The number of ether oxygens (including phenoxy) is 1. The molecule has 1 aromatic heterocycles. The molecule has 2 amide bonds. The van der Waals surface area contributed by atoms with Gasteiger partial charge in [0.15, 0.2) is 12.3 Å². The van der Waals surface area contributed by atoms with Crippen molar-refractivity contribution in [1.82, 2.24) is 20.6 Å². The van der Waals surface area contributed by atoms with Crippen LogP contribution in [0.25, 0.3) is 16.8 Å². The zero-order valence-corrected chi connectivity index (χ0v) is 17.8. The number of nitrogens with zero attached hydrogens (tertiary/aromatic N) is 2. The van der Waals surface area contributed by atoms with E-state index in [2.05, 4.69) is 16.0 Å². The highest BCUT2D eigenvalue weighted by molar-refractivity contribution is 5.93. The maximum atomic E-state index is 13.1. The molecule has 0 radical (unpaired) electrons. The van der Waals surface area contributed by atoms with E-state index in [0.29, 0.717) is 5.75 Å². The highest BCUT2D eigenvalue weighted by atomic mass is 19.1. The molecule has 34 heavy (non-hydrogen) atoms. The molecule has 0 fully saturated rings. The number of aromatic nitrogens is 2. The van der Waals surface area contributed by atoms with E-state index in [-0.39, 0.29) is 18.0 Å². The van der Waals surface area contributed by atoms with Crippen molar-refractivity contribution in [3.63, 3.8) is 0 Å². The van der Waals surface area contributed by atoms with Gasteiger partial charge in [-0.3, -0.25) is 25.2 Å². The molecule has 4 rings (SSSR count). The summed E-state index contributed by atoms with van der Waals surface area (Å²) >= 11 is 0. The SMILES string of the molecule is O=C(COc1ccccc1-c1ccccc1)NNC(=O)c1ccc(=O)n(-c2ccc(F)cc2)n1. The van der Waals surface area contributed by atoms with Crippen LogP contribution in [0.5, 0.6) is 5.75 Å². The third kappa shape index (κ3) is 5.33. The van der Waals surface area contributed by atoms with Gasteiger partial charge < -0.3 is 4.74 Å². The van der Waals surface area contributed by atoms with Crippen molar-refractivity contribution in [3.8, 4) is 22.6 Å². The van der Waals surface area contributed by atoms with Gasteiger partial charge in [0, 0.05) is 11.6 Å². The molecule has 0 bridgehead atoms. The number of carbonyl (C=O) groups excluding carboxylic acids is 2. The molecule has 2 N–H and O–H groups in total. The lowest BCUT2D eigenvalue weighted by atomic mass is 10.1. The predicted octanol–water partition coefficient (Wildman–Crippen LogP) is 2.88. The molecule has 0 aliphatic rings. The normalized spacial score (nSPS) is 10.4. The lowest BCUT2D eigenvalue weighted by molar-refractivity contribution is -0.123. The van der Waals surface area contributed by atoms with Crippen LogP contribution in [0.3, 0.4) is 0 Å². The van der Waals surface area contributed by atoms with Gasteiger partial charge in [0.1, 0.15) is 11.6 Å². The number of hydrogen-bond donors (Lipinski definition) is 2. The first-order valence-corrected chi connectivity index (χ1v) is 10.2. The number of benzene rings is 3. The second kappa shape index (κ2) is 10.2. The Hall–Kier alpha value is -4.79. The molecule has 0 unspecified atom stereocenters. The van der Waals surface area contributed by atoms with E-state index in [1.165, 1.54) is 30.3 Å². The molecule has 3 aromatic carbocycles. The van der Waals surface area contributed by atoms with Gasteiger partial charge in [-0.25, -0.2) is 4.39 Å². The number of para-hydroxylation sites is 1. The van der Waals surface area contributed by atoms with Crippen LogP contribution < -0.4 is 21.1 Å². The van der Waals surface area contributed by atoms with E-state index in [4.69, 9.17) is 4.74 Å². The van der Waals surface area contributed by atoms with Crippen LogP contribution >= 0.6 is 0 Å². The first-order valence-electron chi connectivity index (χ1n) is 10.2. The molecule has 9 heteroatoms. The highest BCUT2D eigenvalue weighted by Crippen LogP contribution is 2.29. The lowest BCUT2D eigenvalue weighted by Gasteiger charge is -2.12. The monoisotopic (exact) mass is 458 g/mol. The lowest BCUT2D eigenvalue weighted by Crippen LogP contribution is -2.44. The van der Waals surface area contributed by atoms with Gasteiger partial charge in [-0.05, 0) is 42.0 Å². The standard InChI is InChI=1S/C25H19FN4O4/c26-18-10-12-19(13-11-18)30-24(32)15-14-21(29-30)25(33)28-27-23(31)16-34-22-9-5-4-8-20(22)17-6-2-1-3-7-17/h1-15H,16H2,(H,27,31)(H,28,33). The van der Waals surface area contributed by atoms with E-state index in [0.717, 1.165) is 21.9 Å². The molecule has 0 atom stereocenters. The number of nitrogens with one attached hydrogen (secondary N) is 2. The summed E-state index contributed by atoms with van der Waals surface area (Å²) in [6.07, 6.45) is 0. The molecule has 0 aliphatic heterocycles. The second-order valence-electron chi connectivity index (χ2n) is 7.10. The summed E-state index contributed by atoms with van der Waals surface area (Å²) in [5.74, 6) is -1.29. The molecule has 0 saturated carbocycles. The quantitative estimate of drug-likeness (QED) is 0.433. The van der Waals surface area contributed by atoms with Gasteiger partial charge in [-0.1, -0.05) is 48.5 Å². The van der Waals surface area contributed by atoms with Crippen molar-refractivity contribution in [2.75, 3.05) is 6.61 Å². The summed E-state index contributed by atoms with van der Waals surface area (Å²) in [5.41, 5.74) is 5.91. The van der Waals surface area contributed by atoms with Crippen LogP contribution in [0, 0.1) is 5.82 Å². The van der Waals surface area contributed by atoms with Crippen LogP contribution in [-0.4, -0.2) is 28.2 Å². The maximum Gasteiger partial charge on any atom is 0.290 e. The van der Waals surface area contributed by atoms with E-state index < -0.39 is 23.2 Å². The van der Waals surface area contributed by atoms with Crippen LogP contribution in [0.2, 0.25) is 0 Å². The zero-order valence-electron chi connectivity index (χ0n) is 17.8. The summed E-state index contributed by atoms with van der Waals surface area (Å²) in [5, 5.41) is 3.98. The molecule has 0 aliphatic carbocycles. The van der Waals surface area contributed by atoms with Gasteiger partial charge in [-0.15, -0.1) is 0 Å². The highest BCUT2D eigenvalue weighted by Gasteiger charge is 2.13. The Morgan fingerprint density at radius 2 is 1.56 bits per heavy atom. The average molecular weight is 458 g/mol. The van der Waals surface area contributed by atoms with E-state index in [1.54, 1.807) is 12.1 Å². The Labute approximate surface area is 193 Å². The van der Waals surface area contributed by atoms with E-state index in [1.807, 2.05) is 42.5 Å². The third-order valence-corrected chi connectivity index (χ3v) is 4.75. The predicted molar refractivity (Wildman–Crippen MR) is 123 cm³/mol. The summed E-state index contributed by atoms with van der Waals surface area (Å²) in [4.78, 5) is 36.7. The third-order valence-electron chi connectivity index (χ3n) is 4.75. The first-order chi connectivity index (χ1) is 16.5. The van der Waals surface area contributed by atoms with Gasteiger partial charge in [0.25, 0.3) is 17.4 Å². The van der Waals surface area contributed by atoms with Crippen molar-refractivity contribution in [2.45, 2.75) is 0 Å². The number of amides is 2. The zero-order chi connectivity index (χ0) is 23.9. The van der Waals surface area contributed by atoms with Crippen LogP contribution in [0.1, 0.15) is 10.5 Å². The minimum absolute atomic E-state index is 0.125. The van der Waals surface area contributed by atoms with Gasteiger partial charge >= 0.3 is 0 Å². The Balaban J connectivity index is 1.37. The summed E-state index contributed by atoms with van der Waals surface area (Å²) < 4.78 is 19.7. The van der Waals surface area contributed by atoms with E-state index >= 15 is 0 Å². The largest absolute Gasteiger partial charge is 0.483 e. The molecule has 0 saturated heterocycles. The van der Waals surface area contributed by atoms with Crippen molar-refractivity contribution < 1.29 is 18.7 Å². The molecular formula is C25H19FN4O4. The summed E-state index contributed by atoms with van der Waals surface area (Å²) in [7, 11) is 0. The average Bonchev–Trinajstić information content (AvgIpc) is 2.87. The van der Waals surface area contributed by atoms with Crippen molar-refractivity contribution in [2.24, 2.45) is 0 Å². The topological polar surface area (TPSA) is 102 Å². The minimum Gasteiger partial charge on any atom is -0.483 e. The minimum atomic E-state index is -0.742. The Morgan fingerprint density at radius 3 is 2.32 bits per heavy atom. The van der Waals surface area contributed by atoms with Crippen LogP contribution in [0.15, 0.2) is 95.8 Å². The molecular weight excluding hydrogens is 439 g/mol. The number of halogens is 1. The fourth-order valence-electron chi connectivity index (χ4n) is 3.12. The van der Waals surface area contributed by atoms with Crippen molar-refractivity contribution in [1.29, 1.82) is 0 Å². The van der Waals surface area contributed by atoms with Crippen LogP contribution in [0.4, 0.5) is 4.39 Å². The van der Waals surface area contributed by atoms with Gasteiger partial charge in [0.05, 0.1) is 5.69 Å². The summed E-state index contributed by atoms with van der Waals surface area (Å²) in [6, 6.07) is 24.3. The number of hydrogen-bond acceptors (Lipinski definition) is 5. The molecule has 170 valence electrons. The van der Waals surface area contributed by atoms with Crippen molar-refractivity contribution >= 4 is 11.8 Å². The number of rotatable bonds is 6. The first kappa shape index (κ1) is 22.4. The maximum absolute atomic E-state index is 13.1. The van der Waals surface area contributed by atoms with Crippen LogP contribution in [-0.2, 0) is 4.79 Å². The number of hydrazine groups is 1. The number of carbonyl (C=O) groups is 2. The van der Waals surface area contributed by atoms with Crippen molar-refractivity contribution in [3.05, 3.63) is 113 Å². The molecule has 8 nitrogen and oxygen atoms in total. The molecule has 1 heterocycles. The fraction of sp³-hybridized carbons (Fsp3) is 0.0400. The fourth-order valence-corrected chi connectivity index (χ4v) is 3.12. The summed E-state index contributed by atoms with van der Waals surface area (Å²) in [6.45, 7) is -0.341. The Morgan fingerprint density at radius 1 is 0.853 bits per heavy atom. The Kier molecular flexibility index (Phi) is 6.73. The smallest absolute Gasteiger partial charge is 0.290 e. The molecule has 4 aromatic rings. The van der Waals surface area contributed by atoms with Gasteiger partial charge in [-0.2, -0.15) is 9.78 Å². The second-order valence-corrected chi connectivity index (χ2v) is 7.10.